The summed E-state index contributed by atoms with van der Waals surface area (Å²) in [5, 5.41) is 2.88. The van der Waals surface area contributed by atoms with Gasteiger partial charge in [-0.3, -0.25) is 9.69 Å². The Morgan fingerprint density at radius 3 is 2.41 bits per heavy atom. The van der Waals surface area contributed by atoms with Crippen LogP contribution >= 0.6 is 0 Å². The van der Waals surface area contributed by atoms with Crippen LogP contribution in [-0.4, -0.2) is 55.9 Å². The highest BCUT2D eigenvalue weighted by atomic mass is 16.6. The van der Waals surface area contributed by atoms with Crippen molar-refractivity contribution in [2.24, 2.45) is 11.7 Å². The molecule has 0 saturated carbocycles. The lowest BCUT2D eigenvalue weighted by molar-refractivity contribution is -0.125. The molecule has 0 aromatic heterocycles. The molecule has 1 fully saturated rings. The Bertz CT molecular complexity index is 789. The predicted molar refractivity (Wildman–Crippen MR) is 108 cm³/mol. The zero-order valence-corrected chi connectivity index (χ0v) is 17.8. The van der Waals surface area contributed by atoms with E-state index in [1.807, 2.05) is 12.1 Å². The highest BCUT2D eigenvalue weighted by molar-refractivity contribution is 5.79. The number of fused-ring (bicyclic) bond motifs is 3. The molecule has 3 atom stereocenters. The lowest BCUT2D eigenvalue weighted by atomic mass is 9.80. The van der Waals surface area contributed by atoms with E-state index in [0.717, 1.165) is 18.5 Å². The van der Waals surface area contributed by atoms with E-state index in [0.29, 0.717) is 24.5 Å². The molecule has 1 aromatic carbocycles. The summed E-state index contributed by atoms with van der Waals surface area (Å²) in [7, 11) is 3.24. The third-order valence-electron chi connectivity index (χ3n) is 5.58. The number of alkyl carbamates (subject to hydrolysis) is 1. The summed E-state index contributed by atoms with van der Waals surface area (Å²) in [5.41, 5.74) is 7.37. The summed E-state index contributed by atoms with van der Waals surface area (Å²) in [6.07, 6.45) is 0.877. The minimum atomic E-state index is -0.617. The monoisotopic (exact) mass is 405 g/mol. The molecule has 2 aliphatic rings. The summed E-state index contributed by atoms with van der Waals surface area (Å²) >= 11 is 0. The molecule has 0 spiro atoms. The Labute approximate surface area is 171 Å². The van der Waals surface area contributed by atoms with Crippen molar-refractivity contribution in [2.75, 3.05) is 27.3 Å². The molecule has 0 aliphatic carbocycles. The Kier molecular flexibility index (Phi) is 5.93. The number of nitrogens with one attached hydrogen (secondary N) is 1. The van der Waals surface area contributed by atoms with Crippen LogP contribution in [0, 0.1) is 5.92 Å². The number of amides is 2. The van der Waals surface area contributed by atoms with Crippen LogP contribution in [0.2, 0.25) is 0 Å². The van der Waals surface area contributed by atoms with Crippen LogP contribution in [0.4, 0.5) is 4.79 Å². The first-order valence-electron chi connectivity index (χ1n) is 9.90. The molecule has 3 rings (SSSR count). The summed E-state index contributed by atoms with van der Waals surface area (Å²) in [6, 6.07) is 3.67. The van der Waals surface area contributed by atoms with E-state index in [1.165, 1.54) is 5.56 Å². The molecule has 8 nitrogen and oxygen atoms in total. The summed E-state index contributed by atoms with van der Waals surface area (Å²) < 4.78 is 16.3. The van der Waals surface area contributed by atoms with Crippen LogP contribution < -0.4 is 20.5 Å². The Balaban J connectivity index is 1.88. The highest BCUT2D eigenvalue weighted by Gasteiger charge is 2.42. The molecule has 0 bridgehead atoms. The van der Waals surface area contributed by atoms with Crippen molar-refractivity contribution in [1.82, 2.24) is 10.2 Å². The second kappa shape index (κ2) is 8.10. The predicted octanol–water partition coefficient (Wildman–Crippen LogP) is 2.00. The largest absolute Gasteiger partial charge is 0.493 e. The van der Waals surface area contributed by atoms with Gasteiger partial charge < -0.3 is 25.3 Å². The van der Waals surface area contributed by atoms with E-state index in [9.17, 15) is 9.59 Å². The molecule has 1 aromatic rings. The number of nitrogens with two attached hydrogens (primary N) is 1. The van der Waals surface area contributed by atoms with Gasteiger partial charge in [0.2, 0.25) is 5.91 Å². The third kappa shape index (κ3) is 4.58. The van der Waals surface area contributed by atoms with E-state index in [2.05, 4.69) is 10.2 Å². The quantitative estimate of drug-likeness (QED) is 0.794. The average Bonchev–Trinajstić information content (AvgIpc) is 2.64. The third-order valence-corrected chi connectivity index (χ3v) is 5.58. The molecule has 29 heavy (non-hydrogen) atoms. The first kappa shape index (κ1) is 21.2. The van der Waals surface area contributed by atoms with E-state index in [-0.39, 0.29) is 6.04 Å². The second-order valence-corrected chi connectivity index (χ2v) is 8.66. The number of carbonyl (C=O) groups is 2. The lowest BCUT2D eigenvalue weighted by Gasteiger charge is -2.46. The van der Waals surface area contributed by atoms with Gasteiger partial charge in [0.15, 0.2) is 11.5 Å². The van der Waals surface area contributed by atoms with Crippen molar-refractivity contribution >= 4 is 12.0 Å². The van der Waals surface area contributed by atoms with Gasteiger partial charge in [0.25, 0.3) is 0 Å². The number of piperidine rings is 1. The van der Waals surface area contributed by atoms with Crippen molar-refractivity contribution in [3.63, 3.8) is 0 Å². The van der Waals surface area contributed by atoms with Gasteiger partial charge in [-0.2, -0.15) is 0 Å². The Morgan fingerprint density at radius 2 is 1.83 bits per heavy atom. The molecule has 1 saturated heterocycles. The number of methoxy groups -OCH3 is 2. The van der Waals surface area contributed by atoms with E-state index >= 15 is 0 Å². The standard InChI is InChI=1S/C21H31N3O5/c1-21(2,3)29-20(26)23-15-10-16-13-9-18(28-5)17(27-4)8-12(13)6-7-24(16)11-14(15)19(22)25/h8-9,14-16H,6-7,10-11H2,1-5H3,(H2,22,25)(H,23,26). The van der Waals surface area contributed by atoms with Gasteiger partial charge in [-0.1, -0.05) is 0 Å². The van der Waals surface area contributed by atoms with Crippen LogP contribution in [0.1, 0.15) is 44.4 Å². The smallest absolute Gasteiger partial charge is 0.407 e. The van der Waals surface area contributed by atoms with Gasteiger partial charge in [-0.25, -0.2) is 4.79 Å². The molecule has 2 aliphatic heterocycles. The Morgan fingerprint density at radius 1 is 1.17 bits per heavy atom. The minimum Gasteiger partial charge on any atom is -0.493 e. The number of rotatable bonds is 4. The second-order valence-electron chi connectivity index (χ2n) is 8.66. The van der Waals surface area contributed by atoms with Crippen LogP contribution in [0.3, 0.4) is 0 Å². The molecule has 3 N–H and O–H groups in total. The SMILES string of the molecule is COc1cc2c(cc1OC)C1CC(NC(=O)OC(C)(C)C)C(C(N)=O)CN1CC2. The highest BCUT2D eigenvalue weighted by Crippen LogP contribution is 2.42. The number of benzene rings is 1. The van der Waals surface area contributed by atoms with E-state index < -0.39 is 29.6 Å². The van der Waals surface area contributed by atoms with E-state index in [4.69, 9.17) is 19.9 Å². The van der Waals surface area contributed by atoms with Crippen molar-refractivity contribution in [1.29, 1.82) is 0 Å². The van der Waals surface area contributed by atoms with Crippen molar-refractivity contribution in [3.8, 4) is 11.5 Å². The first-order chi connectivity index (χ1) is 13.6. The maximum absolute atomic E-state index is 12.3. The fourth-order valence-electron chi connectivity index (χ4n) is 4.27. The van der Waals surface area contributed by atoms with Crippen molar-refractivity contribution < 1.29 is 23.8 Å². The van der Waals surface area contributed by atoms with Crippen molar-refractivity contribution in [3.05, 3.63) is 23.3 Å². The maximum Gasteiger partial charge on any atom is 0.407 e. The number of primary amides is 1. The van der Waals surface area contributed by atoms with Crippen LogP contribution in [0.25, 0.3) is 0 Å². The zero-order chi connectivity index (χ0) is 21.3. The molecule has 160 valence electrons. The van der Waals surface area contributed by atoms with Crippen LogP contribution in [0.15, 0.2) is 12.1 Å². The molecule has 0 radical (unpaired) electrons. The van der Waals surface area contributed by atoms with Gasteiger partial charge in [0.1, 0.15) is 5.60 Å². The average molecular weight is 405 g/mol. The molecule has 8 heteroatoms. The van der Waals surface area contributed by atoms with E-state index in [1.54, 1.807) is 35.0 Å². The summed E-state index contributed by atoms with van der Waals surface area (Å²) in [6.45, 7) is 6.72. The molecule has 2 heterocycles. The summed E-state index contributed by atoms with van der Waals surface area (Å²) in [4.78, 5) is 26.7. The zero-order valence-electron chi connectivity index (χ0n) is 17.8. The minimum absolute atomic E-state index is 0.0501. The van der Waals surface area contributed by atoms with Crippen LogP contribution in [-0.2, 0) is 16.0 Å². The normalized spacial score (nSPS) is 24.1. The molecule has 2 amide bonds. The van der Waals surface area contributed by atoms with Gasteiger partial charge >= 0.3 is 6.09 Å². The number of hydrogen-bond acceptors (Lipinski definition) is 6. The first-order valence-corrected chi connectivity index (χ1v) is 9.90. The van der Waals surface area contributed by atoms with Gasteiger partial charge in [0.05, 0.1) is 20.1 Å². The fourth-order valence-corrected chi connectivity index (χ4v) is 4.27. The van der Waals surface area contributed by atoms with Gasteiger partial charge in [-0.05, 0) is 56.9 Å². The fraction of sp³-hybridized carbons (Fsp3) is 0.619. The van der Waals surface area contributed by atoms with Crippen LogP contribution in [0.5, 0.6) is 11.5 Å². The molecular formula is C21H31N3O5. The number of hydrogen-bond donors (Lipinski definition) is 2. The summed E-state index contributed by atoms with van der Waals surface area (Å²) in [5.74, 6) is 0.485. The number of ether oxygens (including phenoxy) is 3. The maximum atomic E-state index is 12.3. The van der Waals surface area contributed by atoms with Gasteiger partial charge in [-0.15, -0.1) is 0 Å². The van der Waals surface area contributed by atoms with Gasteiger partial charge in [0, 0.05) is 25.2 Å². The molecule has 3 unspecified atom stereocenters. The number of carbonyl (C=O) groups excluding carboxylic acids is 2. The number of nitrogens with zero attached hydrogens (tertiary/aromatic N) is 1. The topological polar surface area (TPSA) is 103 Å². The van der Waals surface area contributed by atoms with Crippen molar-refractivity contribution in [2.45, 2.75) is 51.3 Å². The lowest BCUT2D eigenvalue weighted by Crippen LogP contribution is -2.57. The molecular weight excluding hydrogens is 374 g/mol. The Hall–Kier alpha value is -2.48.